The zero-order chi connectivity index (χ0) is 42.3. The molecule has 0 spiro atoms. The monoisotopic (exact) mass is 790 g/mol. The van der Waals surface area contributed by atoms with E-state index in [9.17, 15) is 29.4 Å². The summed E-state index contributed by atoms with van der Waals surface area (Å²) in [6.45, 7) is 28.0. The summed E-state index contributed by atoms with van der Waals surface area (Å²) in [5.74, 6) is 6.97. The SMILES string of the molecule is C=C(C)[C@@H]1CC[C@]2(C#CC3=C(C(=O)O)CN(C(=O)OC(C)(C)C)CC3)CC[C@]3(C)C(CCC4[C@@]5(C)CC[C@H](OC(=O)CC(C)(C)C(=O)O)C(C)(C)C5CC[C@]43C)C12. The molecule has 5 aliphatic carbocycles. The summed E-state index contributed by atoms with van der Waals surface area (Å²) in [6.07, 6.45) is 9.88. The Kier molecular flexibility index (Phi) is 11.0. The number of fused-ring (bicyclic) bond motifs is 7. The first-order chi connectivity index (χ1) is 26.2. The normalized spacial score (nSPS) is 38.6. The Morgan fingerprint density at radius 2 is 1.54 bits per heavy atom. The van der Waals surface area contributed by atoms with Crippen molar-refractivity contribution < 1.29 is 38.9 Å². The fraction of sp³-hybridized carbons (Fsp3) is 0.792. The number of ether oxygens (including phenoxy) is 2. The van der Waals surface area contributed by atoms with Crippen LogP contribution in [-0.4, -0.2) is 63.9 Å². The molecule has 0 aromatic carbocycles. The van der Waals surface area contributed by atoms with E-state index in [0.717, 1.165) is 64.2 Å². The number of carboxylic acids is 2. The summed E-state index contributed by atoms with van der Waals surface area (Å²) in [4.78, 5) is 51.9. The van der Waals surface area contributed by atoms with Gasteiger partial charge in [-0.3, -0.25) is 9.59 Å². The zero-order valence-corrected chi connectivity index (χ0v) is 36.9. The quantitative estimate of drug-likeness (QED) is 0.155. The van der Waals surface area contributed by atoms with Crippen molar-refractivity contribution in [2.45, 2.75) is 165 Å². The molecule has 1 aliphatic heterocycles. The molecular formula is C48H71NO8. The second kappa shape index (κ2) is 14.5. The Balaban J connectivity index is 1.27. The summed E-state index contributed by atoms with van der Waals surface area (Å²) >= 11 is 0. The maximum atomic E-state index is 13.1. The number of aliphatic carboxylic acids is 2. The topological polar surface area (TPSA) is 130 Å². The highest BCUT2D eigenvalue weighted by Crippen LogP contribution is 2.77. The lowest BCUT2D eigenvalue weighted by Crippen LogP contribution is -2.66. The molecule has 4 unspecified atom stereocenters. The molecule has 57 heavy (non-hydrogen) atoms. The van der Waals surface area contributed by atoms with Gasteiger partial charge in [0, 0.05) is 22.9 Å². The molecule has 5 fully saturated rings. The first-order valence-corrected chi connectivity index (χ1v) is 21.8. The second-order valence-electron chi connectivity index (χ2n) is 22.2. The van der Waals surface area contributed by atoms with Gasteiger partial charge in [0.1, 0.15) is 11.7 Å². The molecule has 2 N–H and O–H groups in total. The van der Waals surface area contributed by atoms with Crippen molar-refractivity contribution >= 4 is 24.0 Å². The van der Waals surface area contributed by atoms with E-state index in [0.29, 0.717) is 48.1 Å². The first-order valence-electron chi connectivity index (χ1n) is 21.8. The average molecular weight is 790 g/mol. The Morgan fingerprint density at radius 3 is 2.16 bits per heavy atom. The lowest BCUT2D eigenvalue weighted by molar-refractivity contribution is -0.247. The molecule has 1 amide bonds. The molecule has 0 aromatic rings. The van der Waals surface area contributed by atoms with Gasteiger partial charge in [0.2, 0.25) is 0 Å². The fourth-order valence-electron chi connectivity index (χ4n) is 14.0. The van der Waals surface area contributed by atoms with Crippen LogP contribution in [-0.2, 0) is 23.9 Å². The molecule has 5 saturated carbocycles. The van der Waals surface area contributed by atoms with Gasteiger partial charge in [-0.25, -0.2) is 9.59 Å². The van der Waals surface area contributed by atoms with Crippen LogP contribution in [0.3, 0.4) is 0 Å². The largest absolute Gasteiger partial charge is 0.481 e. The number of hydrogen-bond donors (Lipinski definition) is 2. The van der Waals surface area contributed by atoms with Crippen molar-refractivity contribution in [2.24, 2.45) is 62.1 Å². The molecule has 6 aliphatic rings. The molecule has 0 aromatic heterocycles. The minimum absolute atomic E-state index is 0.0117. The standard InChI is InChI=1S/C48H71NO8/c1-29(2)31-16-23-48(22-15-30-19-26-49(28-32(30)39(51)52)41(55)57-42(3,4)5)25-24-46(11)33(38(31)48)13-14-35-45(10)20-18-36(56-37(50)27-43(6,7)40(53)54)44(8,9)34(45)17-21-47(35,46)12/h31,33-36,38H,1,13-14,16-21,23-28H2,2-12H3,(H,51,52)(H,53,54)/t31-,33?,34?,35?,36-,38?,45-,46+,47+,48+/m0/s1. The van der Waals surface area contributed by atoms with Crippen LogP contribution in [0.15, 0.2) is 23.3 Å². The number of nitrogens with zero attached hydrogens (tertiary/aromatic N) is 1. The third kappa shape index (κ3) is 7.26. The molecule has 6 rings (SSSR count). The van der Waals surface area contributed by atoms with Crippen LogP contribution in [0.5, 0.6) is 0 Å². The predicted octanol–water partition coefficient (Wildman–Crippen LogP) is 10.1. The lowest BCUT2D eigenvalue weighted by Gasteiger charge is -2.72. The Labute approximate surface area is 342 Å². The van der Waals surface area contributed by atoms with E-state index in [2.05, 4.69) is 60.0 Å². The van der Waals surface area contributed by atoms with Gasteiger partial charge in [-0.05, 0) is 158 Å². The minimum atomic E-state index is -1.17. The summed E-state index contributed by atoms with van der Waals surface area (Å²) in [7, 11) is 0. The van der Waals surface area contributed by atoms with Crippen molar-refractivity contribution in [3.8, 4) is 11.8 Å². The van der Waals surface area contributed by atoms with Crippen LogP contribution in [0, 0.1) is 73.9 Å². The molecule has 9 heteroatoms. The third-order valence-corrected chi connectivity index (χ3v) is 17.2. The number of carboxylic acid groups (broad SMARTS) is 2. The summed E-state index contributed by atoms with van der Waals surface area (Å²) in [5, 5.41) is 19.9. The minimum Gasteiger partial charge on any atom is -0.481 e. The lowest BCUT2D eigenvalue weighted by atomic mass is 9.32. The molecule has 316 valence electrons. The summed E-state index contributed by atoms with van der Waals surface area (Å²) in [5.41, 5.74) is 0.0602. The molecule has 9 nitrogen and oxygen atoms in total. The number of allylic oxidation sites excluding steroid dienone is 1. The van der Waals surface area contributed by atoms with Crippen LogP contribution in [0.2, 0.25) is 0 Å². The number of carbonyl (C=O) groups excluding carboxylic acids is 2. The number of rotatable bonds is 6. The highest BCUT2D eigenvalue weighted by molar-refractivity contribution is 5.90. The van der Waals surface area contributed by atoms with Crippen molar-refractivity contribution in [1.82, 2.24) is 4.90 Å². The zero-order valence-electron chi connectivity index (χ0n) is 36.9. The number of amides is 1. The van der Waals surface area contributed by atoms with E-state index >= 15 is 0 Å². The molecule has 1 heterocycles. The van der Waals surface area contributed by atoms with E-state index in [1.54, 1.807) is 13.8 Å². The van der Waals surface area contributed by atoms with E-state index in [1.807, 2.05) is 20.8 Å². The van der Waals surface area contributed by atoms with E-state index in [-0.39, 0.29) is 51.7 Å². The van der Waals surface area contributed by atoms with Crippen LogP contribution in [0.1, 0.15) is 153 Å². The van der Waals surface area contributed by atoms with E-state index < -0.39 is 35.0 Å². The Hall–Kier alpha value is -3.28. The maximum Gasteiger partial charge on any atom is 0.410 e. The van der Waals surface area contributed by atoms with Crippen molar-refractivity contribution in [3.63, 3.8) is 0 Å². The molecular weight excluding hydrogens is 719 g/mol. The van der Waals surface area contributed by atoms with Gasteiger partial charge in [-0.2, -0.15) is 0 Å². The van der Waals surface area contributed by atoms with Crippen LogP contribution in [0.4, 0.5) is 4.79 Å². The molecule has 0 saturated heterocycles. The van der Waals surface area contributed by atoms with Crippen molar-refractivity contribution in [1.29, 1.82) is 0 Å². The van der Waals surface area contributed by atoms with Gasteiger partial charge in [0.25, 0.3) is 0 Å². The van der Waals surface area contributed by atoms with Gasteiger partial charge in [-0.1, -0.05) is 58.6 Å². The first kappa shape index (κ1) is 43.3. The van der Waals surface area contributed by atoms with Crippen LogP contribution in [0.25, 0.3) is 0 Å². The van der Waals surface area contributed by atoms with E-state index in [1.165, 1.54) is 10.5 Å². The van der Waals surface area contributed by atoms with Gasteiger partial charge >= 0.3 is 24.0 Å². The average Bonchev–Trinajstić information content (AvgIpc) is 3.48. The van der Waals surface area contributed by atoms with Gasteiger partial charge in [0.15, 0.2) is 0 Å². The van der Waals surface area contributed by atoms with Gasteiger partial charge < -0.3 is 24.6 Å². The highest BCUT2D eigenvalue weighted by atomic mass is 16.6. The predicted molar refractivity (Wildman–Crippen MR) is 220 cm³/mol. The molecule has 0 bridgehead atoms. The van der Waals surface area contributed by atoms with Gasteiger partial charge in [-0.15, -0.1) is 0 Å². The summed E-state index contributed by atoms with van der Waals surface area (Å²) in [6, 6.07) is 0. The fourth-order valence-corrected chi connectivity index (χ4v) is 14.0. The van der Waals surface area contributed by atoms with Gasteiger partial charge in [0.05, 0.1) is 24.0 Å². The number of carbonyl (C=O) groups is 4. The maximum absolute atomic E-state index is 13.1. The Bertz CT molecular complexity index is 1790. The van der Waals surface area contributed by atoms with Crippen LogP contribution >= 0.6 is 0 Å². The number of esters is 1. The van der Waals surface area contributed by atoms with Crippen LogP contribution < -0.4 is 0 Å². The molecule has 0 radical (unpaired) electrons. The van der Waals surface area contributed by atoms with Crippen molar-refractivity contribution in [3.05, 3.63) is 23.3 Å². The van der Waals surface area contributed by atoms with E-state index in [4.69, 9.17) is 9.47 Å². The smallest absolute Gasteiger partial charge is 0.410 e. The Morgan fingerprint density at radius 1 is 0.860 bits per heavy atom. The number of hydrogen-bond acceptors (Lipinski definition) is 6. The van der Waals surface area contributed by atoms with Crippen molar-refractivity contribution in [2.75, 3.05) is 13.1 Å². The third-order valence-electron chi connectivity index (χ3n) is 17.2. The second-order valence-corrected chi connectivity index (χ2v) is 22.2. The summed E-state index contributed by atoms with van der Waals surface area (Å²) < 4.78 is 11.8. The molecule has 10 atom stereocenters. The highest BCUT2D eigenvalue weighted by Gasteiger charge is 2.71.